The zero-order chi connectivity index (χ0) is 16.1. The van der Waals surface area contributed by atoms with Crippen LogP contribution in [0.2, 0.25) is 0 Å². The molecule has 0 atom stereocenters. The summed E-state index contributed by atoms with van der Waals surface area (Å²) in [6, 6.07) is 4.79. The molecule has 0 aliphatic heterocycles. The smallest absolute Gasteiger partial charge is 0.337 e. The van der Waals surface area contributed by atoms with E-state index in [2.05, 4.69) is 26.6 Å². The normalized spacial score (nSPS) is 15.1. The summed E-state index contributed by atoms with van der Waals surface area (Å²) in [7, 11) is 0. The topological polar surface area (TPSA) is 78.4 Å². The minimum absolute atomic E-state index is 0.00244. The van der Waals surface area contributed by atoms with Gasteiger partial charge in [-0.05, 0) is 43.3 Å². The summed E-state index contributed by atoms with van der Waals surface area (Å²) in [5.74, 6) is -1.16. The second kappa shape index (κ2) is 7.69. The molecule has 22 heavy (non-hydrogen) atoms. The van der Waals surface area contributed by atoms with E-state index in [0.717, 1.165) is 25.7 Å². The van der Waals surface area contributed by atoms with Crippen LogP contribution in [-0.4, -0.2) is 22.1 Å². The van der Waals surface area contributed by atoms with Gasteiger partial charge >= 0.3 is 5.97 Å². The Morgan fingerprint density at radius 1 is 1.23 bits per heavy atom. The number of carboxylic acid groups (broad SMARTS) is 1. The highest BCUT2D eigenvalue weighted by atomic mass is 79.9. The summed E-state index contributed by atoms with van der Waals surface area (Å²) in [4.78, 5) is 23.3. The average molecular weight is 385 g/mol. The van der Waals surface area contributed by atoms with Crippen LogP contribution in [0.25, 0.3) is 0 Å². The summed E-state index contributed by atoms with van der Waals surface area (Å²) >= 11 is 8.34. The summed E-state index contributed by atoms with van der Waals surface area (Å²) in [5, 5.41) is 14.8. The van der Waals surface area contributed by atoms with E-state index in [0.29, 0.717) is 10.2 Å². The minimum Gasteiger partial charge on any atom is -0.478 e. The Balaban J connectivity index is 2.00. The largest absolute Gasteiger partial charge is 0.478 e. The Morgan fingerprint density at radius 3 is 2.55 bits per heavy atom. The molecule has 0 heterocycles. The molecule has 1 aliphatic carbocycles. The van der Waals surface area contributed by atoms with Gasteiger partial charge in [0.25, 0.3) is 0 Å². The number of hydrogen-bond donors (Lipinski definition) is 3. The quantitative estimate of drug-likeness (QED) is 0.694. The van der Waals surface area contributed by atoms with Gasteiger partial charge in [-0.1, -0.05) is 35.2 Å². The zero-order valence-electron chi connectivity index (χ0n) is 11.9. The van der Waals surface area contributed by atoms with E-state index in [1.807, 2.05) is 0 Å². The lowest BCUT2D eigenvalue weighted by molar-refractivity contribution is -0.124. The van der Waals surface area contributed by atoms with Crippen LogP contribution in [0.5, 0.6) is 0 Å². The van der Waals surface area contributed by atoms with Gasteiger partial charge in [-0.3, -0.25) is 4.79 Å². The van der Waals surface area contributed by atoms with Crippen molar-refractivity contribution in [3.8, 4) is 0 Å². The minimum atomic E-state index is -1.06. The second-order valence-corrected chi connectivity index (χ2v) is 6.60. The number of rotatable bonds is 3. The van der Waals surface area contributed by atoms with E-state index in [1.54, 1.807) is 12.1 Å². The van der Waals surface area contributed by atoms with Crippen LogP contribution in [0, 0.1) is 5.92 Å². The Kier molecular flexibility index (Phi) is 5.90. The number of carbonyl (C=O) groups is 2. The molecule has 1 saturated carbocycles. The number of anilines is 1. The van der Waals surface area contributed by atoms with Crippen molar-refractivity contribution in [3.63, 3.8) is 0 Å². The number of amides is 1. The molecule has 118 valence electrons. The van der Waals surface area contributed by atoms with Gasteiger partial charge in [0.2, 0.25) is 5.91 Å². The number of thiocarbonyl (C=S) groups is 1. The first kappa shape index (κ1) is 16.9. The van der Waals surface area contributed by atoms with Crippen molar-refractivity contribution >= 4 is 50.8 Å². The molecular formula is C15H17BrN2O3S. The fourth-order valence-corrected chi connectivity index (χ4v) is 3.11. The van der Waals surface area contributed by atoms with Crippen LogP contribution in [0.1, 0.15) is 42.5 Å². The number of benzene rings is 1. The van der Waals surface area contributed by atoms with Crippen molar-refractivity contribution in [2.24, 2.45) is 5.92 Å². The van der Waals surface area contributed by atoms with Crippen molar-refractivity contribution in [2.75, 3.05) is 5.32 Å². The van der Waals surface area contributed by atoms with E-state index in [4.69, 9.17) is 12.2 Å². The Labute approximate surface area is 142 Å². The van der Waals surface area contributed by atoms with Crippen LogP contribution >= 0.6 is 28.1 Å². The first-order chi connectivity index (χ1) is 10.5. The van der Waals surface area contributed by atoms with E-state index in [1.165, 1.54) is 12.5 Å². The predicted octanol–water partition coefficient (Wildman–Crippen LogP) is 3.54. The van der Waals surface area contributed by atoms with E-state index in [9.17, 15) is 14.7 Å². The molecule has 0 bridgehead atoms. The molecule has 1 amide bonds. The predicted molar refractivity (Wildman–Crippen MR) is 92.0 cm³/mol. The Morgan fingerprint density at radius 2 is 1.91 bits per heavy atom. The maximum atomic E-state index is 12.1. The Hall–Kier alpha value is -1.47. The third-order valence-electron chi connectivity index (χ3n) is 3.67. The number of hydrogen-bond acceptors (Lipinski definition) is 3. The van der Waals surface area contributed by atoms with Crippen molar-refractivity contribution in [2.45, 2.75) is 32.1 Å². The number of aromatic carboxylic acids is 1. The van der Waals surface area contributed by atoms with Crippen molar-refractivity contribution in [1.82, 2.24) is 5.32 Å². The van der Waals surface area contributed by atoms with Gasteiger partial charge in [-0.2, -0.15) is 0 Å². The lowest BCUT2D eigenvalue weighted by Crippen LogP contribution is -2.39. The van der Waals surface area contributed by atoms with Crippen LogP contribution in [-0.2, 0) is 4.79 Å². The highest BCUT2D eigenvalue weighted by molar-refractivity contribution is 9.10. The van der Waals surface area contributed by atoms with Gasteiger partial charge in [-0.25, -0.2) is 4.79 Å². The molecule has 7 heteroatoms. The monoisotopic (exact) mass is 384 g/mol. The summed E-state index contributed by atoms with van der Waals surface area (Å²) in [5.41, 5.74) is 0.438. The molecular weight excluding hydrogens is 368 g/mol. The first-order valence-corrected chi connectivity index (χ1v) is 8.32. The third kappa shape index (κ3) is 4.51. The van der Waals surface area contributed by atoms with Crippen molar-refractivity contribution < 1.29 is 14.7 Å². The number of nitrogens with one attached hydrogen (secondary N) is 2. The molecule has 0 radical (unpaired) electrons. The van der Waals surface area contributed by atoms with E-state index in [-0.39, 0.29) is 22.5 Å². The molecule has 0 aromatic heterocycles. The van der Waals surface area contributed by atoms with Gasteiger partial charge in [-0.15, -0.1) is 0 Å². The van der Waals surface area contributed by atoms with Gasteiger partial charge < -0.3 is 15.7 Å². The van der Waals surface area contributed by atoms with Crippen LogP contribution in [0.3, 0.4) is 0 Å². The van der Waals surface area contributed by atoms with Crippen LogP contribution in [0.15, 0.2) is 22.7 Å². The van der Waals surface area contributed by atoms with E-state index >= 15 is 0 Å². The maximum Gasteiger partial charge on any atom is 0.337 e. The fraction of sp³-hybridized carbons (Fsp3) is 0.400. The fourth-order valence-electron chi connectivity index (χ4n) is 2.53. The highest BCUT2D eigenvalue weighted by Crippen LogP contribution is 2.24. The lowest BCUT2D eigenvalue weighted by atomic mass is 9.89. The van der Waals surface area contributed by atoms with Gasteiger partial charge in [0.15, 0.2) is 5.11 Å². The zero-order valence-corrected chi connectivity index (χ0v) is 14.3. The molecule has 0 saturated heterocycles. The molecule has 1 aliphatic rings. The first-order valence-electron chi connectivity index (χ1n) is 7.12. The molecule has 0 spiro atoms. The Bertz CT molecular complexity index is 600. The molecule has 1 aromatic carbocycles. The van der Waals surface area contributed by atoms with Crippen LogP contribution in [0.4, 0.5) is 5.69 Å². The summed E-state index contributed by atoms with van der Waals surface area (Å²) in [6.07, 6.45) is 5.07. The number of halogens is 1. The molecule has 1 aromatic rings. The molecule has 2 rings (SSSR count). The van der Waals surface area contributed by atoms with E-state index < -0.39 is 5.97 Å². The second-order valence-electron chi connectivity index (χ2n) is 5.27. The van der Waals surface area contributed by atoms with Gasteiger partial charge in [0.05, 0.1) is 11.3 Å². The third-order valence-corrected chi connectivity index (χ3v) is 4.37. The number of carboxylic acids is 1. The number of carbonyl (C=O) groups excluding carboxylic acids is 1. The standard InChI is InChI=1S/C15H17BrN2O3S/c16-10-6-7-12(11(8-10)14(20)21)17-15(22)18-13(19)9-4-2-1-3-5-9/h6-9H,1-5H2,(H,20,21)(H2,17,18,19,22). The molecule has 3 N–H and O–H groups in total. The average Bonchev–Trinajstić information content (AvgIpc) is 2.49. The van der Waals surface area contributed by atoms with Gasteiger partial charge in [0, 0.05) is 10.4 Å². The maximum absolute atomic E-state index is 12.1. The lowest BCUT2D eigenvalue weighted by Gasteiger charge is -2.21. The molecule has 1 fully saturated rings. The SMILES string of the molecule is O=C(O)c1cc(Br)ccc1NC(=S)NC(=O)C1CCCCC1. The van der Waals surface area contributed by atoms with Crippen molar-refractivity contribution in [3.05, 3.63) is 28.2 Å². The van der Waals surface area contributed by atoms with Crippen LogP contribution < -0.4 is 10.6 Å². The highest BCUT2D eigenvalue weighted by Gasteiger charge is 2.22. The van der Waals surface area contributed by atoms with Gasteiger partial charge in [0.1, 0.15) is 0 Å². The molecule has 5 nitrogen and oxygen atoms in total. The molecule has 0 unspecified atom stereocenters. The summed E-state index contributed by atoms with van der Waals surface area (Å²) < 4.78 is 0.660. The summed E-state index contributed by atoms with van der Waals surface area (Å²) in [6.45, 7) is 0. The van der Waals surface area contributed by atoms with Crippen molar-refractivity contribution in [1.29, 1.82) is 0 Å².